The number of amides is 4. The fourth-order valence-corrected chi connectivity index (χ4v) is 8.44. The number of imide groups is 2. The number of phenolic OH excluding ortho intramolecular Hbond substituents is 1. The first-order valence-electron chi connectivity index (χ1n) is 14.8. The second kappa shape index (κ2) is 10.7. The van der Waals surface area contributed by atoms with E-state index in [2.05, 4.69) is 5.43 Å². The van der Waals surface area contributed by atoms with Gasteiger partial charge in [0.25, 0.3) is 11.8 Å². The first-order chi connectivity index (χ1) is 21.6. The predicted molar refractivity (Wildman–Crippen MR) is 165 cm³/mol. The zero-order chi connectivity index (χ0) is 31.8. The fourth-order valence-electron chi connectivity index (χ4n) is 8.13. The van der Waals surface area contributed by atoms with Gasteiger partial charge in [0, 0.05) is 28.1 Å². The molecule has 7 rings (SSSR count). The Balaban J connectivity index is 1.48. The molecule has 45 heavy (non-hydrogen) atoms. The lowest BCUT2D eigenvalue weighted by molar-refractivity contribution is -0.141. The summed E-state index contributed by atoms with van der Waals surface area (Å²) < 4.78 is 13.7. The van der Waals surface area contributed by atoms with Crippen LogP contribution in [0.3, 0.4) is 0 Å². The van der Waals surface area contributed by atoms with E-state index in [0.29, 0.717) is 32.4 Å². The number of halogens is 3. The molecule has 6 unspecified atom stereocenters. The highest BCUT2D eigenvalue weighted by molar-refractivity contribution is 6.31. The van der Waals surface area contributed by atoms with Crippen molar-refractivity contribution in [2.24, 2.45) is 23.7 Å². The maximum absolute atomic E-state index is 15.0. The van der Waals surface area contributed by atoms with Crippen molar-refractivity contribution in [2.45, 2.75) is 31.1 Å². The summed E-state index contributed by atoms with van der Waals surface area (Å²) in [5.41, 5.74) is 3.13. The van der Waals surface area contributed by atoms with Gasteiger partial charge in [0.05, 0.1) is 28.9 Å². The molecule has 0 spiro atoms. The van der Waals surface area contributed by atoms with E-state index in [1.807, 2.05) is 6.08 Å². The molecule has 8 nitrogen and oxygen atoms in total. The van der Waals surface area contributed by atoms with Crippen molar-refractivity contribution >= 4 is 52.5 Å². The summed E-state index contributed by atoms with van der Waals surface area (Å²) in [7, 11) is 0. The summed E-state index contributed by atoms with van der Waals surface area (Å²) >= 11 is 12.8. The number of aromatic hydroxyl groups is 1. The minimum Gasteiger partial charge on any atom is -0.508 e. The molecular weight excluding hydrogens is 620 g/mol. The summed E-state index contributed by atoms with van der Waals surface area (Å²) in [5, 5.41) is 13.0. The van der Waals surface area contributed by atoms with Gasteiger partial charge in [-0.15, -0.1) is 0 Å². The average Bonchev–Trinajstić information content (AvgIpc) is 3.40. The lowest BCUT2D eigenvalue weighted by atomic mass is 9.49. The maximum atomic E-state index is 15.0. The van der Waals surface area contributed by atoms with Gasteiger partial charge >= 0.3 is 0 Å². The van der Waals surface area contributed by atoms with Gasteiger partial charge < -0.3 is 5.11 Å². The fraction of sp³-hybridized carbons (Fsp3) is 0.294. The number of phenols is 1. The smallest absolute Gasteiger partial charge is 0.260 e. The molecule has 0 aromatic heterocycles. The van der Waals surface area contributed by atoms with Crippen LogP contribution < -0.4 is 5.43 Å². The number of carbonyl (C=O) groups is 4. The zero-order valence-electron chi connectivity index (χ0n) is 24.0. The number of fused-ring (bicyclic) bond motifs is 4. The second-order valence-corrected chi connectivity index (χ2v) is 12.9. The molecule has 0 bridgehead atoms. The predicted octanol–water partition coefficient (Wildman–Crippen LogP) is 5.84. The zero-order valence-corrected chi connectivity index (χ0v) is 25.6. The first-order valence-corrected chi connectivity index (χ1v) is 15.5. The van der Waals surface area contributed by atoms with Crippen molar-refractivity contribution < 1.29 is 28.7 Å². The molecule has 2 N–H and O–H groups in total. The van der Waals surface area contributed by atoms with Crippen LogP contribution in [-0.4, -0.2) is 45.2 Å². The van der Waals surface area contributed by atoms with E-state index >= 15 is 0 Å². The van der Waals surface area contributed by atoms with E-state index < -0.39 is 52.6 Å². The van der Waals surface area contributed by atoms with Gasteiger partial charge in [0.2, 0.25) is 11.8 Å². The van der Waals surface area contributed by atoms with Gasteiger partial charge in [-0.3, -0.25) is 29.5 Å². The Morgan fingerprint density at radius 2 is 1.60 bits per heavy atom. The van der Waals surface area contributed by atoms with Gasteiger partial charge in [-0.05, 0) is 85.8 Å². The Morgan fingerprint density at radius 3 is 2.29 bits per heavy atom. The number of hydrazine groups is 1. The van der Waals surface area contributed by atoms with Crippen LogP contribution in [0.15, 0.2) is 78.4 Å². The van der Waals surface area contributed by atoms with E-state index in [0.717, 1.165) is 5.01 Å². The number of rotatable bonds is 5. The van der Waals surface area contributed by atoms with Crippen LogP contribution in [0.4, 0.5) is 10.1 Å². The number of benzene rings is 3. The molecule has 2 heterocycles. The van der Waals surface area contributed by atoms with E-state index in [-0.39, 0.29) is 37.0 Å². The van der Waals surface area contributed by atoms with E-state index in [9.17, 15) is 28.7 Å². The lowest BCUT2D eigenvalue weighted by Gasteiger charge is -2.50. The highest BCUT2D eigenvalue weighted by Gasteiger charge is 2.70. The van der Waals surface area contributed by atoms with Gasteiger partial charge in [-0.25, -0.2) is 4.39 Å². The standard InChI is InChI=1S/C34H28Cl2FN3O5/c1-2-39-30(42)23-13-12-22-24(28(23)32(39)44)16-26-31(43)40(38-21-10-8-20(37)9-11-21)33(45)34(26,17-3-5-18(35)6-4-17)29(22)25-15-19(36)7-14-27(25)41/h3-12,14-15,23-24,26,28-29,38,41H,2,13,16H2,1H3. The summed E-state index contributed by atoms with van der Waals surface area (Å²) in [6.45, 7) is 1.98. The van der Waals surface area contributed by atoms with Crippen LogP contribution in [0, 0.1) is 29.5 Å². The molecule has 4 amide bonds. The molecule has 6 atom stereocenters. The number of hydrogen-bond acceptors (Lipinski definition) is 6. The molecule has 1 saturated carbocycles. The van der Waals surface area contributed by atoms with E-state index in [1.165, 1.54) is 41.3 Å². The monoisotopic (exact) mass is 647 g/mol. The third-order valence-corrected chi connectivity index (χ3v) is 10.5. The first kappa shape index (κ1) is 29.5. The van der Waals surface area contributed by atoms with Gasteiger partial charge in [0.15, 0.2) is 0 Å². The highest BCUT2D eigenvalue weighted by atomic mass is 35.5. The van der Waals surface area contributed by atoms with Crippen LogP contribution >= 0.6 is 23.2 Å². The maximum Gasteiger partial charge on any atom is 0.260 e. The Labute approximate surface area is 268 Å². The Hall–Kier alpha value is -4.21. The number of hydrogen-bond donors (Lipinski definition) is 2. The number of nitrogens with zero attached hydrogens (tertiary/aromatic N) is 2. The van der Waals surface area contributed by atoms with Crippen molar-refractivity contribution in [3.63, 3.8) is 0 Å². The number of carbonyl (C=O) groups excluding carboxylic acids is 4. The van der Waals surface area contributed by atoms with Crippen LogP contribution in [0.2, 0.25) is 10.0 Å². The van der Waals surface area contributed by atoms with Crippen LogP contribution in [-0.2, 0) is 24.6 Å². The number of nitrogens with one attached hydrogen (secondary N) is 1. The minimum atomic E-state index is -1.60. The van der Waals surface area contributed by atoms with Crippen molar-refractivity contribution in [3.8, 4) is 5.75 Å². The molecule has 3 aromatic rings. The van der Waals surface area contributed by atoms with Crippen LogP contribution in [0.25, 0.3) is 0 Å². The van der Waals surface area contributed by atoms with Gasteiger partial charge in [-0.1, -0.05) is 47.0 Å². The number of anilines is 1. The topological polar surface area (TPSA) is 107 Å². The SMILES string of the molecule is CCN1C(=O)C2CC=C3C(CC4C(=O)N(Nc5ccc(F)cc5)C(=O)C4(c4ccc(Cl)cc4)C3c3cc(Cl)ccc3O)C2C1=O. The second-order valence-electron chi connectivity index (χ2n) is 12.0. The molecule has 2 saturated heterocycles. The number of likely N-dealkylation sites (tertiary alicyclic amines) is 1. The van der Waals surface area contributed by atoms with Crippen molar-refractivity contribution in [1.82, 2.24) is 9.91 Å². The molecule has 2 aliphatic heterocycles. The summed E-state index contributed by atoms with van der Waals surface area (Å²) in [6.07, 6.45) is 2.29. The van der Waals surface area contributed by atoms with Crippen molar-refractivity contribution in [2.75, 3.05) is 12.0 Å². The van der Waals surface area contributed by atoms with E-state index in [4.69, 9.17) is 23.2 Å². The van der Waals surface area contributed by atoms with Gasteiger partial charge in [0.1, 0.15) is 11.6 Å². The Kier molecular flexibility index (Phi) is 7.02. The third kappa shape index (κ3) is 4.24. The minimum absolute atomic E-state index is 0.107. The average molecular weight is 649 g/mol. The molecule has 2 aliphatic carbocycles. The normalized spacial score (nSPS) is 29.0. The van der Waals surface area contributed by atoms with Crippen molar-refractivity contribution in [1.29, 1.82) is 0 Å². The quantitative estimate of drug-likeness (QED) is 0.266. The molecular formula is C34H28Cl2FN3O5. The molecule has 4 aliphatic rings. The largest absolute Gasteiger partial charge is 0.508 e. The molecule has 230 valence electrons. The Morgan fingerprint density at radius 1 is 0.911 bits per heavy atom. The van der Waals surface area contributed by atoms with Crippen LogP contribution in [0.5, 0.6) is 5.75 Å². The third-order valence-electron chi connectivity index (χ3n) is 9.96. The lowest BCUT2D eigenvalue weighted by Crippen LogP contribution is -2.53. The number of allylic oxidation sites excluding steroid dienone is 2. The Bertz CT molecular complexity index is 1800. The van der Waals surface area contributed by atoms with Gasteiger partial charge in [-0.2, -0.15) is 5.01 Å². The molecule has 11 heteroatoms. The molecule has 3 aromatic carbocycles. The van der Waals surface area contributed by atoms with Crippen molar-refractivity contribution in [3.05, 3.63) is 105 Å². The highest BCUT2D eigenvalue weighted by Crippen LogP contribution is 2.65. The van der Waals surface area contributed by atoms with E-state index in [1.54, 1.807) is 37.3 Å². The van der Waals surface area contributed by atoms with Crippen LogP contribution in [0.1, 0.15) is 36.8 Å². The summed E-state index contributed by atoms with van der Waals surface area (Å²) in [4.78, 5) is 57.8. The molecule has 0 radical (unpaired) electrons. The molecule has 3 fully saturated rings. The summed E-state index contributed by atoms with van der Waals surface area (Å²) in [6, 6.07) is 16.5. The summed E-state index contributed by atoms with van der Waals surface area (Å²) in [5.74, 6) is -6.08.